The Morgan fingerprint density at radius 3 is 2.62 bits per heavy atom. The van der Waals surface area contributed by atoms with Crippen molar-refractivity contribution in [2.24, 2.45) is 14.1 Å². The maximum atomic E-state index is 13.2. The Labute approximate surface area is 190 Å². The largest absolute Gasteiger partial charge is 0.491 e. The number of benzene rings is 1. The van der Waals surface area contributed by atoms with Crippen molar-refractivity contribution >= 4 is 29.2 Å². The molecule has 1 aliphatic heterocycles. The van der Waals surface area contributed by atoms with E-state index in [1.165, 1.54) is 28.1 Å². The van der Waals surface area contributed by atoms with E-state index in [4.69, 9.17) is 4.74 Å². The molecule has 34 heavy (non-hydrogen) atoms. The minimum Gasteiger partial charge on any atom is -0.433 e. The summed E-state index contributed by atoms with van der Waals surface area (Å²) in [7, 11) is 2.75. The highest BCUT2D eigenvalue weighted by atomic mass is 19.4. The highest BCUT2D eigenvalue weighted by molar-refractivity contribution is 5.80. The van der Waals surface area contributed by atoms with Gasteiger partial charge in [0.15, 0.2) is 17.4 Å². The van der Waals surface area contributed by atoms with E-state index in [0.717, 1.165) is 4.57 Å². The van der Waals surface area contributed by atoms with Crippen molar-refractivity contribution in [2.75, 3.05) is 24.5 Å². The number of alkyl halides is 3. The fraction of sp³-hybridized carbons (Fsp3) is 0.333. The lowest BCUT2D eigenvalue weighted by Gasteiger charge is -2.36. The first-order valence-corrected chi connectivity index (χ1v) is 10.2. The van der Waals surface area contributed by atoms with Gasteiger partial charge in [-0.2, -0.15) is 18.2 Å². The summed E-state index contributed by atoms with van der Waals surface area (Å²) in [6.07, 6.45) is -5.00. The number of nitrogens with zero attached hydrogens (tertiary/aromatic N) is 5. The molecule has 2 aromatic heterocycles. The number of para-hydroxylation sites is 1. The van der Waals surface area contributed by atoms with Gasteiger partial charge >= 0.3 is 17.8 Å². The molecule has 13 heteroatoms. The van der Waals surface area contributed by atoms with Gasteiger partial charge in [0.2, 0.25) is 5.95 Å². The van der Waals surface area contributed by atoms with Gasteiger partial charge in [-0.05, 0) is 11.6 Å². The molecule has 10 nitrogen and oxygen atoms in total. The Kier molecular flexibility index (Phi) is 5.81. The first kappa shape index (κ1) is 23.3. The molecule has 1 N–H and O–H groups in total. The van der Waals surface area contributed by atoms with Crippen LogP contribution in [0.4, 0.5) is 19.1 Å². The molecular weight excluding hydrogens is 457 g/mol. The van der Waals surface area contributed by atoms with Crippen molar-refractivity contribution in [3.63, 3.8) is 0 Å². The summed E-state index contributed by atoms with van der Waals surface area (Å²) in [6, 6.07) is 6.89. The lowest BCUT2D eigenvalue weighted by molar-refractivity contribution is -0.205. The summed E-state index contributed by atoms with van der Waals surface area (Å²) >= 11 is 0. The number of piperazine rings is 1. The fourth-order valence-corrected chi connectivity index (χ4v) is 3.87. The molecule has 180 valence electrons. The van der Waals surface area contributed by atoms with Crippen LogP contribution in [-0.4, -0.2) is 56.7 Å². The quantitative estimate of drug-likeness (QED) is 0.556. The van der Waals surface area contributed by atoms with Gasteiger partial charge in [0.1, 0.15) is 0 Å². The van der Waals surface area contributed by atoms with Crippen molar-refractivity contribution in [1.29, 1.82) is 0 Å². The third kappa shape index (κ3) is 3.77. The van der Waals surface area contributed by atoms with Gasteiger partial charge in [-0.15, -0.1) is 0 Å². The zero-order chi connectivity index (χ0) is 24.8. The zero-order valence-corrected chi connectivity index (χ0v) is 18.3. The van der Waals surface area contributed by atoms with Gasteiger partial charge in [-0.25, -0.2) is 9.59 Å². The zero-order valence-electron chi connectivity index (χ0n) is 18.3. The number of hydrogen-bond acceptors (Lipinski definition) is 7. The van der Waals surface area contributed by atoms with Gasteiger partial charge in [0.05, 0.1) is 12.2 Å². The number of rotatable bonds is 4. The maximum Gasteiger partial charge on any atom is 0.491 e. The van der Waals surface area contributed by atoms with Crippen LogP contribution in [0.2, 0.25) is 0 Å². The van der Waals surface area contributed by atoms with E-state index in [1.807, 2.05) is 0 Å². The second-order valence-electron chi connectivity index (χ2n) is 7.64. The van der Waals surface area contributed by atoms with Crippen molar-refractivity contribution in [2.45, 2.75) is 12.4 Å². The Morgan fingerprint density at radius 1 is 1.24 bits per heavy atom. The second-order valence-corrected chi connectivity index (χ2v) is 7.64. The number of aromatic nitrogens is 4. The van der Waals surface area contributed by atoms with E-state index in [9.17, 15) is 27.6 Å². The predicted molar refractivity (Wildman–Crippen MR) is 118 cm³/mol. The van der Waals surface area contributed by atoms with Crippen LogP contribution in [0.1, 0.15) is 5.56 Å². The summed E-state index contributed by atoms with van der Waals surface area (Å²) in [5.74, 6) is -2.30. The smallest absolute Gasteiger partial charge is 0.433 e. The van der Waals surface area contributed by atoms with Gasteiger partial charge < -0.3 is 15.0 Å². The Balaban J connectivity index is 2.02. The molecule has 0 aliphatic carbocycles. The summed E-state index contributed by atoms with van der Waals surface area (Å²) < 4.78 is 47.0. The summed E-state index contributed by atoms with van der Waals surface area (Å²) in [5, 5.41) is 2.89. The Bertz CT molecular complexity index is 1400. The van der Waals surface area contributed by atoms with Crippen LogP contribution in [0.3, 0.4) is 0 Å². The van der Waals surface area contributed by atoms with Crippen LogP contribution in [0, 0.1) is 0 Å². The number of imidazole rings is 1. The summed E-state index contributed by atoms with van der Waals surface area (Å²) in [4.78, 5) is 43.1. The van der Waals surface area contributed by atoms with Crippen LogP contribution in [0.25, 0.3) is 22.9 Å². The number of esters is 1. The molecular formula is C21H21F3N6O4. The number of hydrogen-bond donors (Lipinski definition) is 1. The number of carbonyl (C=O) groups excluding carboxylic acids is 1. The van der Waals surface area contributed by atoms with E-state index in [0.29, 0.717) is 17.8 Å². The number of aryl methyl sites for hydroxylation is 1. The third-order valence-electron chi connectivity index (χ3n) is 5.57. The molecule has 1 aromatic carbocycles. The van der Waals surface area contributed by atoms with Gasteiger partial charge in [-0.3, -0.25) is 18.5 Å². The average Bonchev–Trinajstić information content (AvgIpc) is 3.21. The Morgan fingerprint density at radius 2 is 1.94 bits per heavy atom. The van der Waals surface area contributed by atoms with Crippen LogP contribution < -0.4 is 21.5 Å². The van der Waals surface area contributed by atoms with Crippen LogP contribution >= 0.6 is 0 Å². The van der Waals surface area contributed by atoms with Gasteiger partial charge in [-0.1, -0.05) is 30.9 Å². The SMILES string of the molecule is C=Cc1ccccc1-n1c(N2CCNCC2OC(=O)C(F)(F)F)nc2c1c(=O)n(C)c(=O)n2C. The molecule has 0 bridgehead atoms. The molecule has 1 saturated heterocycles. The number of anilines is 1. The van der Waals surface area contributed by atoms with Crippen molar-refractivity contribution in [1.82, 2.24) is 24.0 Å². The number of carbonyl (C=O) groups is 1. The lowest BCUT2D eigenvalue weighted by Crippen LogP contribution is -2.55. The topological polar surface area (TPSA) is 103 Å². The number of halogens is 3. The molecule has 1 aliphatic rings. The lowest BCUT2D eigenvalue weighted by atomic mass is 10.1. The molecule has 3 heterocycles. The minimum atomic E-state index is -5.18. The molecule has 0 spiro atoms. The van der Waals surface area contributed by atoms with Crippen LogP contribution in [0.15, 0.2) is 40.4 Å². The molecule has 3 aromatic rings. The second kappa shape index (κ2) is 8.48. The molecule has 4 rings (SSSR count). The predicted octanol–water partition coefficient (Wildman–Crippen LogP) is 0.907. The first-order valence-electron chi connectivity index (χ1n) is 10.2. The monoisotopic (exact) mass is 478 g/mol. The third-order valence-corrected chi connectivity index (χ3v) is 5.57. The van der Waals surface area contributed by atoms with Crippen LogP contribution in [-0.2, 0) is 23.6 Å². The van der Waals surface area contributed by atoms with Crippen molar-refractivity contribution < 1.29 is 22.7 Å². The van der Waals surface area contributed by atoms with Gasteiger partial charge in [0.25, 0.3) is 5.56 Å². The minimum absolute atomic E-state index is 0.0291. The average molecular weight is 478 g/mol. The van der Waals surface area contributed by atoms with Crippen LogP contribution in [0.5, 0.6) is 0 Å². The molecule has 0 saturated carbocycles. The highest BCUT2D eigenvalue weighted by Gasteiger charge is 2.44. The molecule has 0 radical (unpaired) electrons. The van der Waals surface area contributed by atoms with E-state index in [1.54, 1.807) is 30.3 Å². The highest BCUT2D eigenvalue weighted by Crippen LogP contribution is 2.30. The molecule has 1 atom stereocenters. The molecule has 1 fully saturated rings. The van der Waals surface area contributed by atoms with E-state index in [2.05, 4.69) is 16.9 Å². The summed E-state index contributed by atoms with van der Waals surface area (Å²) in [6.45, 7) is 4.15. The number of nitrogens with one attached hydrogen (secondary N) is 1. The number of ether oxygens (including phenoxy) is 1. The summed E-state index contributed by atoms with van der Waals surface area (Å²) in [5.41, 5.74) is -0.126. The van der Waals surface area contributed by atoms with E-state index < -0.39 is 29.6 Å². The molecule has 0 amide bonds. The van der Waals surface area contributed by atoms with E-state index >= 15 is 0 Å². The van der Waals surface area contributed by atoms with Gasteiger partial charge in [0, 0.05) is 27.2 Å². The van der Waals surface area contributed by atoms with E-state index in [-0.39, 0.29) is 30.2 Å². The maximum absolute atomic E-state index is 13.2. The number of fused-ring (bicyclic) bond motifs is 1. The molecule has 1 unspecified atom stereocenters. The fourth-order valence-electron chi connectivity index (χ4n) is 3.87. The van der Waals surface area contributed by atoms with Crippen molar-refractivity contribution in [3.05, 3.63) is 57.2 Å². The normalized spacial score (nSPS) is 16.6. The first-order chi connectivity index (χ1) is 16.1. The van der Waals surface area contributed by atoms with Crippen molar-refractivity contribution in [3.8, 4) is 5.69 Å². The Hall–Kier alpha value is -3.87. The standard InChI is InChI=1S/C21H21F3N6O4/c1-4-12-7-5-6-8-13(12)30-15-16(27(2)20(33)28(3)17(15)31)26-19(30)29-10-9-25-11-14(29)34-18(32)21(22,23)24/h4-8,14,25H,1,9-11H2,2-3H3.